The molecule has 2 rings (SSSR count). The number of nitrogens with zero attached hydrogens (tertiary/aromatic N) is 1. The molecule has 2 N–H and O–H groups in total. The van der Waals surface area contributed by atoms with E-state index in [-0.39, 0.29) is 13.2 Å². The average Bonchev–Trinajstić information content (AvgIpc) is 3.06. The highest BCUT2D eigenvalue weighted by molar-refractivity contribution is 5.81. The van der Waals surface area contributed by atoms with Crippen LogP contribution in [0.4, 0.5) is 5.69 Å². The fraction of sp³-hybridized carbons (Fsp3) is 0.611. The van der Waals surface area contributed by atoms with Crippen LogP contribution in [0.15, 0.2) is 48.5 Å². The maximum atomic E-state index is 11.5. The van der Waals surface area contributed by atoms with Gasteiger partial charge in [-0.25, -0.2) is 0 Å². The van der Waals surface area contributed by atoms with Crippen LogP contribution >= 0.6 is 0 Å². The van der Waals surface area contributed by atoms with Crippen molar-refractivity contribution >= 4 is 17.6 Å². The number of rotatable bonds is 31. The highest BCUT2D eigenvalue weighted by Gasteiger charge is 2.19. The second-order valence-electron chi connectivity index (χ2n) is 11.1. The molecule has 0 fully saturated rings. The summed E-state index contributed by atoms with van der Waals surface area (Å²) in [6.07, 6.45) is 11.6. The fourth-order valence-corrected chi connectivity index (χ4v) is 4.82. The number of para-hydroxylation sites is 1. The Morgan fingerprint density at radius 1 is 0.553 bits per heavy atom. The molecule has 0 unspecified atom stereocenters. The van der Waals surface area contributed by atoms with E-state index in [1.165, 1.54) is 43.4 Å². The molecule has 0 amide bonds. The summed E-state index contributed by atoms with van der Waals surface area (Å²) in [6, 6.07) is 15.0. The topological polar surface area (TPSA) is 133 Å². The summed E-state index contributed by atoms with van der Waals surface area (Å²) in [5.41, 5.74) is 0.343. The normalized spacial score (nSPS) is 10.9. The Balaban J connectivity index is 1.65. The molecule has 0 aromatic heterocycles. The molecule has 0 aliphatic carbocycles. The lowest BCUT2D eigenvalue weighted by Gasteiger charge is -2.24. The first-order valence-corrected chi connectivity index (χ1v) is 17.0. The van der Waals surface area contributed by atoms with Gasteiger partial charge in [0.15, 0.2) is 0 Å². The third-order valence-electron chi connectivity index (χ3n) is 7.18. The number of benzene rings is 2. The van der Waals surface area contributed by atoms with Gasteiger partial charge in [0.05, 0.1) is 51.9 Å². The van der Waals surface area contributed by atoms with Crippen molar-refractivity contribution in [1.29, 1.82) is 0 Å². The molecule has 0 saturated heterocycles. The zero-order chi connectivity index (χ0) is 33.8. The van der Waals surface area contributed by atoms with Crippen molar-refractivity contribution < 1.29 is 48.2 Å². The molecule has 2 aromatic rings. The first-order valence-electron chi connectivity index (χ1n) is 17.0. The maximum Gasteiger partial charge on any atom is 0.323 e. The molecule has 2 aromatic carbocycles. The molecule has 0 heterocycles. The Kier molecular flexibility index (Phi) is 22.4. The Bertz CT molecular complexity index is 1070. The number of hydrogen-bond acceptors (Lipinski definition) is 9. The predicted molar refractivity (Wildman–Crippen MR) is 181 cm³/mol. The van der Waals surface area contributed by atoms with Gasteiger partial charge in [-0.05, 0) is 44.0 Å². The van der Waals surface area contributed by atoms with Crippen molar-refractivity contribution in [2.45, 2.75) is 71.1 Å². The standard InChI is InChI=1S/C36H55NO10/c1-2-42-22-23-43-24-25-44-26-27-47-34-19-18-32(28-33(34)37(29-35(38)39)30-36(40)41)46-21-15-10-8-6-4-3-5-7-9-14-20-45-31-16-12-11-13-17-31/h11-13,16-19,28H,2-10,14-15,20-27,29-30H2,1H3,(H,38,39)(H,40,41). The summed E-state index contributed by atoms with van der Waals surface area (Å²) < 4.78 is 33.7. The molecular weight excluding hydrogens is 606 g/mol. The second-order valence-corrected chi connectivity index (χ2v) is 11.1. The Hall–Kier alpha value is -3.54. The predicted octanol–water partition coefficient (Wildman–Crippen LogP) is 6.47. The molecule has 0 spiro atoms. The van der Waals surface area contributed by atoms with Gasteiger partial charge in [0, 0.05) is 12.7 Å². The largest absolute Gasteiger partial charge is 0.494 e. The minimum absolute atomic E-state index is 0.198. The first kappa shape index (κ1) is 39.6. The van der Waals surface area contributed by atoms with Crippen molar-refractivity contribution in [2.24, 2.45) is 0 Å². The zero-order valence-electron chi connectivity index (χ0n) is 28.1. The van der Waals surface area contributed by atoms with E-state index in [1.807, 2.05) is 37.3 Å². The lowest BCUT2D eigenvalue weighted by molar-refractivity contribution is -0.136. The number of unbranched alkanes of at least 4 members (excludes halogenated alkanes) is 9. The monoisotopic (exact) mass is 661 g/mol. The van der Waals surface area contributed by atoms with Gasteiger partial charge in [0.1, 0.15) is 36.9 Å². The van der Waals surface area contributed by atoms with E-state index < -0.39 is 25.0 Å². The number of ether oxygens (including phenoxy) is 6. The van der Waals surface area contributed by atoms with Crippen LogP contribution in [0.25, 0.3) is 0 Å². The van der Waals surface area contributed by atoms with Crippen LogP contribution in [0, 0.1) is 0 Å². The molecule has 0 radical (unpaired) electrons. The van der Waals surface area contributed by atoms with Gasteiger partial charge < -0.3 is 43.5 Å². The number of carboxylic acids is 2. The highest BCUT2D eigenvalue weighted by Crippen LogP contribution is 2.33. The zero-order valence-corrected chi connectivity index (χ0v) is 28.1. The van der Waals surface area contributed by atoms with E-state index in [2.05, 4.69) is 0 Å². The molecule has 264 valence electrons. The summed E-state index contributed by atoms with van der Waals surface area (Å²) in [5.74, 6) is -0.470. The van der Waals surface area contributed by atoms with E-state index in [1.54, 1.807) is 18.2 Å². The SMILES string of the molecule is CCOCCOCCOCCOc1ccc(OCCCCCCCCCCCCOc2ccccc2)cc1N(CC(=O)O)CC(=O)O. The van der Waals surface area contributed by atoms with Crippen molar-refractivity contribution in [3.8, 4) is 17.2 Å². The number of aliphatic carboxylic acids is 2. The summed E-state index contributed by atoms with van der Waals surface area (Å²) in [6.45, 7) is 5.23. The Morgan fingerprint density at radius 2 is 1.04 bits per heavy atom. The van der Waals surface area contributed by atoms with Gasteiger partial charge in [-0.1, -0.05) is 69.6 Å². The lowest BCUT2D eigenvalue weighted by atomic mass is 10.1. The Morgan fingerprint density at radius 3 is 1.57 bits per heavy atom. The number of carboxylic acid groups (broad SMARTS) is 2. The molecule has 0 bridgehead atoms. The molecule has 0 atom stereocenters. The second kappa shape index (κ2) is 26.5. The molecule has 11 nitrogen and oxygen atoms in total. The maximum absolute atomic E-state index is 11.5. The van der Waals surface area contributed by atoms with Crippen LogP contribution in [0.1, 0.15) is 71.1 Å². The molecule has 47 heavy (non-hydrogen) atoms. The smallest absolute Gasteiger partial charge is 0.323 e. The molecule has 0 aliphatic rings. The average molecular weight is 662 g/mol. The summed E-state index contributed by atoms with van der Waals surface area (Å²) in [7, 11) is 0. The third kappa shape index (κ3) is 20.3. The van der Waals surface area contributed by atoms with Crippen molar-refractivity contribution in [3.05, 3.63) is 48.5 Å². The summed E-state index contributed by atoms with van der Waals surface area (Å²) in [4.78, 5) is 24.3. The van der Waals surface area contributed by atoms with Crippen LogP contribution in [0.2, 0.25) is 0 Å². The van der Waals surface area contributed by atoms with E-state index in [0.717, 1.165) is 38.0 Å². The van der Waals surface area contributed by atoms with Gasteiger partial charge in [-0.3, -0.25) is 9.59 Å². The third-order valence-corrected chi connectivity index (χ3v) is 7.18. The van der Waals surface area contributed by atoms with Crippen LogP contribution in [0.5, 0.6) is 17.2 Å². The van der Waals surface area contributed by atoms with Crippen LogP contribution in [0.3, 0.4) is 0 Å². The van der Waals surface area contributed by atoms with E-state index in [9.17, 15) is 19.8 Å². The summed E-state index contributed by atoms with van der Waals surface area (Å²) in [5, 5.41) is 18.8. The number of anilines is 1. The van der Waals surface area contributed by atoms with Crippen molar-refractivity contribution in [3.63, 3.8) is 0 Å². The van der Waals surface area contributed by atoms with Crippen LogP contribution in [-0.2, 0) is 23.8 Å². The van der Waals surface area contributed by atoms with Gasteiger partial charge >= 0.3 is 11.9 Å². The minimum Gasteiger partial charge on any atom is -0.494 e. The van der Waals surface area contributed by atoms with Gasteiger partial charge in [0.2, 0.25) is 0 Å². The molecular formula is C36H55NO10. The fourth-order valence-electron chi connectivity index (χ4n) is 4.82. The number of carbonyl (C=O) groups is 2. The molecule has 0 aliphatic heterocycles. The van der Waals surface area contributed by atoms with Gasteiger partial charge in [-0.15, -0.1) is 0 Å². The quantitative estimate of drug-likeness (QED) is 0.0862. The molecule has 11 heteroatoms. The van der Waals surface area contributed by atoms with Crippen molar-refractivity contribution in [1.82, 2.24) is 0 Å². The van der Waals surface area contributed by atoms with Gasteiger partial charge in [0.25, 0.3) is 0 Å². The van der Waals surface area contributed by atoms with E-state index in [0.29, 0.717) is 56.8 Å². The van der Waals surface area contributed by atoms with Crippen molar-refractivity contribution in [2.75, 3.05) is 77.5 Å². The van der Waals surface area contributed by atoms with E-state index >= 15 is 0 Å². The van der Waals surface area contributed by atoms with Crippen LogP contribution < -0.4 is 19.1 Å². The van der Waals surface area contributed by atoms with Gasteiger partial charge in [-0.2, -0.15) is 0 Å². The minimum atomic E-state index is -1.15. The van der Waals surface area contributed by atoms with Crippen LogP contribution in [-0.4, -0.2) is 94.7 Å². The Labute approximate surface area is 280 Å². The highest BCUT2D eigenvalue weighted by atomic mass is 16.6. The van der Waals surface area contributed by atoms with E-state index in [4.69, 9.17) is 28.4 Å². The number of hydrogen-bond donors (Lipinski definition) is 2. The lowest BCUT2D eigenvalue weighted by Crippen LogP contribution is -2.34. The summed E-state index contributed by atoms with van der Waals surface area (Å²) >= 11 is 0. The first-order chi connectivity index (χ1) is 23.0. The molecule has 0 saturated carbocycles.